The first kappa shape index (κ1) is 20.3. The zero-order chi connectivity index (χ0) is 21.8. The van der Waals surface area contributed by atoms with E-state index in [0.29, 0.717) is 10.5 Å². The van der Waals surface area contributed by atoms with Crippen molar-refractivity contribution in [3.63, 3.8) is 0 Å². The third kappa shape index (κ3) is 4.31. The highest BCUT2D eigenvalue weighted by atomic mass is 32.1. The average Bonchev–Trinajstić information content (AvgIpc) is 3.37. The first-order valence-corrected chi connectivity index (χ1v) is 10.1. The molecule has 1 N–H and O–H groups in total. The van der Waals surface area contributed by atoms with Gasteiger partial charge in [0.25, 0.3) is 11.9 Å². The zero-order valence-corrected chi connectivity index (χ0v) is 17.6. The molecule has 2 aromatic heterocycles. The molecule has 0 aliphatic heterocycles. The van der Waals surface area contributed by atoms with Crippen LogP contribution in [0.5, 0.6) is 5.75 Å². The van der Waals surface area contributed by atoms with E-state index in [-0.39, 0.29) is 11.9 Å². The number of carbonyl (C=O) groups is 2. The van der Waals surface area contributed by atoms with E-state index in [0.717, 1.165) is 22.6 Å². The van der Waals surface area contributed by atoms with E-state index in [1.54, 1.807) is 42.0 Å². The molecule has 0 radical (unpaired) electrons. The second-order valence-electron chi connectivity index (χ2n) is 6.39. The van der Waals surface area contributed by atoms with Gasteiger partial charge < -0.3 is 9.47 Å². The molecule has 0 aliphatic rings. The molecule has 2 heterocycles. The van der Waals surface area contributed by atoms with Crippen molar-refractivity contribution in [3.05, 3.63) is 71.1 Å². The van der Waals surface area contributed by atoms with Crippen LogP contribution in [0.3, 0.4) is 0 Å². The number of hydrogen-bond acceptors (Lipinski definition) is 7. The van der Waals surface area contributed by atoms with Crippen LogP contribution in [-0.2, 0) is 9.53 Å². The number of anilines is 1. The Morgan fingerprint density at radius 2 is 1.87 bits per heavy atom. The fraction of sp³-hybridized carbons (Fsp3) is 0.0909. The summed E-state index contributed by atoms with van der Waals surface area (Å²) in [6.45, 7) is 0. The number of fused-ring (bicyclic) bond motifs is 1. The second-order valence-corrected chi connectivity index (χ2v) is 7.22. The quantitative estimate of drug-likeness (QED) is 0.365. The number of amides is 1. The normalized spacial score (nSPS) is 11.0. The molecule has 1 amide bonds. The van der Waals surface area contributed by atoms with E-state index in [1.165, 1.54) is 24.5 Å². The van der Waals surface area contributed by atoms with Gasteiger partial charge in [-0.25, -0.2) is 9.31 Å². The fourth-order valence-corrected chi connectivity index (χ4v) is 3.77. The number of hydrogen-bond donors (Lipinski definition) is 1. The van der Waals surface area contributed by atoms with Gasteiger partial charge in [-0.05, 0) is 35.9 Å². The van der Waals surface area contributed by atoms with Gasteiger partial charge in [-0.2, -0.15) is 4.98 Å². The Morgan fingerprint density at radius 3 is 2.61 bits per heavy atom. The number of methoxy groups -OCH3 is 2. The maximum absolute atomic E-state index is 12.3. The number of rotatable bonds is 6. The van der Waals surface area contributed by atoms with Crippen molar-refractivity contribution in [2.24, 2.45) is 0 Å². The summed E-state index contributed by atoms with van der Waals surface area (Å²) in [4.78, 5) is 28.8. The largest absolute Gasteiger partial charge is 0.496 e. The number of aromatic nitrogens is 3. The molecule has 4 rings (SSSR count). The summed E-state index contributed by atoms with van der Waals surface area (Å²) in [5, 5.41) is 9.01. The van der Waals surface area contributed by atoms with Crippen LogP contribution in [0.1, 0.15) is 15.9 Å². The lowest BCUT2D eigenvalue weighted by atomic mass is 10.1. The van der Waals surface area contributed by atoms with Crippen molar-refractivity contribution < 1.29 is 19.1 Å². The van der Waals surface area contributed by atoms with Crippen LogP contribution < -0.4 is 10.1 Å². The highest BCUT2D eigenvalue weighted by molar-refractivity contribution is 7.15. The summed E-state index contributed by atoms with van der Waals surface area (Å²) in [5.74, 6) is 0.156. The lowest BCUT2D eigenvalue weighted by Crippen LogP contribution is -2.09. The second kappa shape index (κ2) is 8.80. The smallest absolute Gasteiger partial charge is 0.337 e. The molecule has 0 saturated carbocycles. The van der Waals surface area contributed by atoms with Crippen molar-refractivity contribution >= 4 is 40.2 Å². The molecule has 8 nitrogen and oxygen atoms in total. The molecule has 0 spiro atoms. The maximum atomic E-state index is 12.3. The van der Waals surface area contributed by atoms with Crippen LogP contribution >= 0.6 is 11.3 Å². The molecule has 0 aliphatic carbocycles. The number of benzene rings is 2. The molecule has 0 fully saturated rings. The topological polar surface area (TPSA) is 94.8 Å². The van der Waals surface area contributed by atoms with E-state index in [9.17, 15) is 9.59 Å². The van der Waals surface area contributed by atoms with Crippen LogP contribution in [0.4, 0.5) is 5.95 Å². The van der Waals surface area contributed by atoms with Gasteiger partial charge in [0.05, 0.1) is 25.5 Å². The van der Waals surface area contributed by atoms with E-state index in [2.05, 4.69) is 20.1 Å². The lowest BCUT2D eigenvalue weighted by molar-refractivity contribution is -0.111. The molecular weight excluding hydrogens is 416 g/mol. The van der Waals surface area contributed by atoms with Gasteiger partial charge in [0, 0.05) is 17.0 Å². The summed E-state index contributed by atoms with van der Waals surface area (Å²) in [7, 11) is 2.94. The van der Waals surface area contributed by atoms with Gasteiger partial charge in [0.2, 0.25) is 4.96 Å². The van der Waals surface area contributed by atoms with E-state index in [1.807, 2.05) is 29.6 Å². The van der Waals surface area contributed by atoms with Crippen LogP contribution in [0.15, 0.2) is 60.0 Å². The highest BCUT2D eigenvalue weighted by Gasteiger charge is 2.15. The minimum absolute atomic E-state index is 0.207. The third-order valence-corrected chi connectivity index (χ3v) is 5.27. The van der Waals surface area contributed by atoms with Crippen LogP contribution in [-0.4, -0.2) is 40.7 Å². The number of esters is 1. The first-order valence-electron chi connectivity index (χ1n) is 9.24. The van der Waals surface area contributed by atoms with E-state index < -0.39 is 5.97 Å². The first-order chi connectivity index (χ1) is 15.1. The van der Waals surface area contributed by atoms with E-state index >= 15 is 0 Å². The van der Waals surface area contributed by atoms with Gasteiger partial charge in [0.1, 0.15) is 5.75 Å². The summed E-state index contributed by atoms with van der Waals surface area (Å²) in [5.41, 5.74) is 2.92. The summed E-state index contributed by atoms with van der Waals surface area (Å²) >= 11 is 1.42. The summed E-state index contributed by atoms with van der Waals surface area (Å²) < 4.78 is 11.8. The predicted octanol–water partition coefficient (Wildman–Crippen LogP) is 3.90. The van der Waals surface area contributed by atoms with Gasteiger partial charge in [-0.15, -0.1) is 16.4 Å². The fourth-order valence-electron chi connectivity index (χ4n) is 2.95. The Balaban J connectivity index is 1.49. The Kier molecular flexibility index (Phi) is 5.76. The molecule has 9 heteroatoms. The Labute approximate surface area is 181 Å². The Morgan fingerprint density at radius 1 is 1.10 bits per heavy atom. The SMILES string of the molecule is COC(=O)c1ccc(/C=C/C(=O)Nc2nc3scc(-c4ccccc4OC)n3n2)cc1. The number of nitrogens with one attached hydrogen (secondary N) is 1. The highest BCUT2D eigenvalue weighted by Crippen LogP contribution is 2.32. The average molecular weight is 434 g/mol. The van der Waals surface area contributed by atoms with Crippen molar-refractivity contribution in [1.29, 1.82) is 0 Å². The lowest BCUT2D eigenvalue weighted by Gasteiger charge is -2.06. The number of carbonyl (C=O) groups excluding carboxylic acids is 2. The number of nitrogens with zero attached hydrogens (tertiary/aromatic N) is 3. The number of ether oxygens (including phenoxy) is 2. The molecular formula is C22H18N4O4S. The minimum Gasteiger partial charge on any atom is -0.496 e. The summed E-state index contributed by atoms with van der Waals surface area (Å²) in [6, 6.07) is 14.3. The molecule has 0 saturated heterocycles. The molecule has 2 aromatic carbocycles. The standard InChI is InChI=1S/C22H18N4O4S/c1-29-18-6-4-3-5-16(18)17-13-31-22-24-21(25-26(17)22)23-19(27)12-9-14-7-10-15(11-8-14)20(28)30-2/h3-13H,1-2H3,(H,23,25,27)/b12-9+. The van der Waals surface area contributed by atoms with Crippen LogP contribution in [0.25, 0.3) is 22.3 Å². The van der Waals surface area contributed by atoms with E-state index in [4.69, 9.17) is 4.74 Å². The van der Waals surface area contributed by atoms with Crippen LogP contribution in [0.2, 0.25) is 0 Å². The monoisotopic (exact) mass is 434 g/mol. The Bertz CT molecular complexity index is 1270. The molecule has 31 heavy (non-hydrogen) atoms. The molecule has 0 unspecified atom stereocenters. The maximum Gasteiger partial charge on any atom is 0.337 e. The number of para-hydroxylation sites is 1. The van der Waals surface area contributed by atoms with Crippen molar-refractivity contribution in [2.45, 2.75) is 0 Å². The molecule has 156 valence electrons. The molecule has 4 aromatic rings. The van der Waals surface area contributed by atoms with Gasteiger partial charge in [-0.1, -0.05) is 24.3 Å². The predicted molar refractivity (Wildman–Crippen MR) is 118 cm³/mol. The minimum atomic E-state index is -0.411. The van der Waals surface area contributed by atoms with Gasteiger partial charge in [0.15, 0.2) is 0 Å². The third-order valence-electron chi connectivity index (χ3n) is 4.46. The number of thiazole rings is 1. The van der Waals surface area contributed by atoms with Crippen LogP contribution in [0, 0.1) is 0 Å². The zero-order valence-electron chi connectivity index (χ0n) is 16.7. The van der Waals surface area contributed by atoms with Crippen molar-refractivity contribution in [3.8, 4) is 17.0 Å². The van der Waals surface area contributed by atoms with Gasteiger partial charge >= 0.3 is 5.97 Å². The Hall–Kier alpha value is -3.98. The molecule has 0 atom stereocenters. The van der Waals surface area contributed by atoms with Gasteiger partial charge in [-0.3, -0.25) is 10.1 Å². The van der Waals surface area contributed by atoms with Crippen molar-refractivity contribution in [1.82, 2.24) is 14.6 Å². The molecule has 0 bridgehead atoms. The van der Waals surface area contributed by atoms with Crippen molar-refractivity contribution in [2.75, 3.05) is 19.5 Å². The summed E-state index contributed by atoms with van der Waals surface area (Å²) in [6.07, 6.45) is 3.01.